The average Bonchev–Trinajstić information content (AvgIpc) is 3.26. The second-order valence-corrected chi connectivity index (χ2v) is 16.5. The monoisotopic (exact) mass is 835 g/mol. The molecule has 0 bridgehead atoms. The van der Waals surface area contributed by atoms with Crippen LogP contribution in [-0.4, -0.2) is 50.3 Å². The Hall–Kier alpha value is -3.68. The Bertz CT molecular complexity index is 1450. The zero-order chi connectivity index (χ0) is 43.5. The lowest BCUT2D eigenvalue weighted by molar-refractivity contribution is 0.0415. The molecule has 0 heterocycles. The number of benzene rings is 2. The summed E-state index contributed by atoms with van der Waals surface area (Å²) in [5.74, 6) is -3.20. The Morgan fingerprint density at radius 3 is 1.02 bits per heavy atom. The number of carbonyl (C=O) groups excluding carboxylic acids is 4. The zero-order valence-electron chi connectivity index (χ0n) is 38.4. The van der Waals surface area contributed by atoms with E-state index in [0.29, 0.717) is 36.8 Å². The van der Waals surface area contributed by atoms with E-state index in [1.165, 1.54) is 83.1 Å². The van der Waals surface area contributed by atoms with Crippen molar-refractivity contribution in [3.8, 4) is 11.1 Å². The van der Waals surface area contributed by atoms with E-state index in [1.807, 2.05) is 30.3 Å². The van der Waals surface area contributed by atoms with Crippen LogP contribution in [0.4, 0.5) is 0 Å². The normalized spacial score (nSPS) is 11.1. The number of hydrogen-bond acceptors (Lipinski definition) is 8. The van der Waals surface area contributed by atoms with Crippen molar-refractivity contribution in [1.29, 1.82) is 0 Å². The van der Waals surface area contributed by atoms with E-state index in [0.717, 1.165) is 77.0 Å². The van der Waals surface area contributed by atoms with E-state index in [9.17, 15) is 19.2 Å². The van der Waals surface area contributed by atoms with Gasteiger partial charge in [0.05, 0.1) is 48.7 Å². The van der Waals surface area contributed by atoms with E-state index in [2.05, 4.69) is 27.7 Å². The maximum atomic E-state index is 14.4. The van der Waals surface area contributed by atoms with Crippen molar-refractivity contribution < 1.29 is 38.1 Å². The Morgan fingerprint density at radius 2 is 0.650 bits per heavy atom. The molecule has 8 nitrogen and oxygen atoms in total. The fraction of sp³-hybridized carbons (Fsp3) is 0.692. The second-order valence-electron chi connectivity index (χ2n) is 16.5. The number of rotatable bonds is 37. The molecule has 0 aliphatic carbocycles. The molecular formula is C52H82O8. The number of esters is 4. The van der Waals surface area contributed by atoms with Crippen molar-refractivity contribution in [2.24, 2.45) is 0 Å². The minimum atomic E-state index is -0.856. The van der Waals surface area contributed by atoms with Crippen LogP contribution in [0.1, 0.15) is 249 Å². The molecule has 8 heteroatoms. The van der Waals surface area contributed by atoms with Crippen molar-refractivity contribution in [2.75, 3.05) is 26.4 Å². The van der Waals surface area contributed by atoms with Gasteiger partial charge >= 0.3 is 23.9 Å². The quantitative estimate of drug-likeness (QED) is 0.0376. The summed E-state index contributed by atoms with van der Waals surface area (Å²) in [6.45, 7) is 9.31. The fourth-order valence-electron chi connectivity index (χ4n) is 7.51. The molecule has 0 atom stereocenters. The number of ether oxygens (including phenoxy) is 4. The highest BCUT2D eigenvalue weighted by Crippen LogP contribution is 2.34. The van der Waals surface area contributed by atoms with Gasteiger partial charge in [0.2, 0.25) is 0 Å². The minimum absolute atomic E-state index is 0.0970. The summed E-state index contributed by atoms with van der Waals surface area (Å²) in [5.41, 5.74) is 0.0826. The van der Waals surface area contributed by atoms with Gasteiger partial charge in [-0.25, -0.2) is 19.2 Å². The third-order valence-corrected chi connectivity index (χ3v) is 11.2. The summed E-state index contributed by atoms with van der Waals surface area (Å²) in [7, 11) is 0. The molecular weight excluding hydrogens is 753 g/mol. The van der Waals surface area contributed by atoms with Gasteiger partial charge in [0.1, 0.15) is 0 Å². The first-order valence-corrected chi connectivity index (χ1v) is 24.4. The summed E-state index contributed by atoms with van der Waals surface area (Å²) >= 11 is 0. The van der Waals surface area contributed by atoms with Gasteiger partial charge in [0.25, 0.3) is 0 Å². The van der Waals surface area contributed by atoms with Crippen molar-refractivity contribution >= 4 is 23.9 Å². The van der Waals surface area contributed by atoms with E-state index in [1.54, 1.807) is 0 Å². The predicted molar refractivity (Wildman–Crippen MR) is 245 cm³/mol. The SMILES string of the molecule is CCCCCCCCCOC(=O)c1cc(-c2ccccc2)c(C(=O)OCCCCCCCCC)c(C(=O)OCCCCCCCCC)c1C(=O)OCCCCCCCCC. The molecule has 0 saturated heterocycles. The summed E-state index contributed by atoms with van der Waals surface area (Å²) in [6, 6.07) is 10.6. The maximum absolute atomic E-state index is 14.4. The van der Waals surface area contributed by atoms with Gasteiger partial charge in [-0.3, -0.25) is 0 Å². The maximum Gasteiger partial charge on any atom is 0.339 e. The van der Waals surface area contributed by atoms with Gasteiger partial charge in [-0.1, -0.05) is 212 Å². The third kappa shape index (κ3) is 21.7. The highest BCUT2D eigenvalue weighted by molar-refractivity contribution is 6.18. The van der Waals surface area contributed by atoms with Crippen molar-refractivity contribution in [2.45, 2.75) is 207 Å². The molecule has 0 radical (unpaired) electrons. The first kappa shape index (κ1) is 52.5. The molecule has 0 amide bonds. The second kappa shape index (κ2) is 35.0. The molecule has 338 valence electrons. The van der Waals surface area contributed by atoms with Gasteiger partial charge in [0.15, 0.2) is 0 Å². The summed E-state index contributed by atoms with van der Waals surface area (Å²) in [6.07, 6.45) is 29.2. The van der Waals surface area contributed by atoms with Crippen LogP contribution in [-0.2, 0) is 18.9 Å². The van der Waals surface area contributed by atoms with Gasteiger partial charge in [-0.2, -0.15) is 0 Å². The topological polar surface area (TPSA) is 105 Å². The van der Waals surface area contributed by atoms with E-state index < -0.39 is 23.9 Å². The van der Waals surface area contributed by atoms with Crippen LogP contribution in [0, 0.1) is 0 Å². The Labute approximate surface area is 364 Å². The predicted octanol–water partition coefficient (Wildman–Crippen LogP) is 15.0. The van der Waals surface area contributed by atoms with Gasteiger partial charge in [-0.15, -0.1) is 0 Å². The van der Waals surface area contributed by atoms with Gasteiger partial charge in [-0.05, 0) is 42.9 Å². The summed E-state index contributed by atoms with van der Waals surface area (Å²) in [5, 5.41) is 0. The number of unbranched alkanes of at least 4 members (excludes halogenated alkanes) is 24. The fourth-order valence-corrected chi connectivity index (χ4v) is 7.51. The van der Waals surface area contributed by atoms with Gasteiger partial charge < -0.3 is 18.9 Å². The molecule has 60 heavy (non-hydrogen) atoms. The zero-order valence-corrected chi connectivity index (χ0v) is 38.4. The van der Waals surface area contributed by atoms with Crippen LogP contribution in [0.3, 0.4) is 0 Å². The molecule has 0 spiro atoms. The highest BCUT2D eigenvalue weighted by atomic mass is 16.5. The molecule has 2 aromatic carbocycles. The van der Waals surface area contributed by atoms with Crippen LogP contribution >= 0.6 is 0 Å². The largest absolute Gasteiger partial charge is 0.462 e. The van der Waals surface area contributed by atoms with Crippen LogP contribution in [0.5, 0.6) is 0 Å². The van der Waals surface area contributed by atoms with Crippen LogP contribution in [0.2, 0.25) is 0 Å². The molecule has 0 aromatic heterocycles. The average molecular weight is 835 g/mol. The summed E-state index contributed by atoms with van der Waals surface area (Å²) in [4.78, 5) is 57.2. The molecule has 2 rings (SSSR count). The highest BCUT2D eigenvalue weighted by Gasteiger charge is 2.36. The molecule has 2 aromatic rings. The van der Waals surface area contributed by atoms with E-state index in [-0.39, 0.29) is 48.7 Å². The van der Waals surface area contributed by atoms with Crippen LogP contribution < -0.4 is 0 Å². The number of hydrogen-bond donors (Lipinski definition) is 0. The number of carbonyl (C=O) groups is 4. The van der Waals surface area contributed by atoms with Crippen LogP contribution in [0.15, 0.2) is 36.4 Å². The lowest BCUT2D eigenvalue weighted by atomic mass is 9.88. The lowest BCUT2D eigenvalue weighted by Crippen LogP contribution is -2.25. The van der Waals surface area contributed by atoms with Crippen molar-refractivity contribution in [1.82, 2.24) is 0 Å². The smallest absolute Gasteiger partial charge is 0.339 e. The van der Waals surface area contributed by atoms with Crippen molar-refractivity contribution in [3.63, 3.8) is 0 Å². The lowest BCUT2D eigenvalue weighted by Gasteiger charge is -2.20. The molecule has 0 aliphatic rings. The first-order chi connectivity index (χ1) is 29.4. The van der Waals surface area contributed by atoms with Gasteiger partial charge in [0, 0.05) is 0 Å². The van der Waals surface area contributed by atoms with E-state index >= 15 is 0 Å². The standard InChI is InChI=1S/C52H82O8/c1-5-9-13-17-21-25-32-38-57-49(53)45-42-44(43-36-30-29-31-37-43)46(50(54)58-39-33-26-22-18-14-10-6-2)48(52(56)60-41-35-28-24-20-16-12-8-4)47(45)51(55)59-40-34-27-23-19-15-11-7-3/h29-31,36-37,42H,5-28,32-35,38-41H2,1-4H3. The molecule has 0 saturated carbocycles. The summed E-state index contributed by atoms with van der Waals surface area (Å²) < 4.78 is 23.5. The molecule has 0 N–H and O–H groups in total. The molecule has 0 unspecified atom stereocenters. The minimum Gasteiger partial charge on any atom is -0.462 e. The Kier molecular flexibility index (Phi) is 30.6. The van der Waals surface area contributed by atoms with Crippen LogP contribution in [0.25, 0.3) is 11.1 Å². The third-order valence-electron chi connectivity index (χ3n) is 11.2. The Balaban J connectivity index is 2.56. The van der Waals surface area contributed by atoms with E-state index in [4.69, 9.17) is 18.9 Å². The molecule has 0 aliphatic heterocycles. The molecule has 0 fully saturated rings. The van der Waals surface area contributed by atoms with Crippen molar-refractivity contribution in [3.05, 3.63) is 58.7 Å². The first-order valence-electron chi connectivity index (χ1n) is 24.4. The Morgan fingerprint density at radius 1 is 0.350 bits per heavy atom.